The lowest BCUT2D eigenvalue weighted by atomic mass is 10.4. The van der Waals surface area contributed by atoms with E-state index in [9.17, 15) is 0 Å². The van der Waals surface area contributed by atoms with Gasteiger partial charge in [-0.25, -0.2) is 0 Å². The smallest absolute Gasteiger partial charge is 0.0122 e. The topological polar surface area (TPSA) is 0 Å². The van der Waals surface area contributed by atoms with E-state index < -0.39 is 0 Å². The molecule has 3 heteroatoms. The van der Waals surface area contributed by atoms with Gasteiger partial charge in [0.25, 0.3) is 0 Å². The predicted octanol–water partition coefficient (Wildman–Crippen LogP) is 11.5. The normalized spacial score (nSPS) is 9.85. The van der Waals surface area contributed by atoms with Crippen molar-refractivity contribution in [2.45, 2.75) is 29.4 Å². The van der Waals surface area contributed by atoms with Gasteiger partial charge in [0.15, 0.2) is 0 Å². The molecule has 0 nitrogen and oxygen atoms in total. The summed E-state index contributed by atoms with van der Waals surface area (Å²) in [6, 6.07) is 62.4. The van der Waals surface area contributed by atoms with Crippen molar-refractivity contribution in [3.63, 3.8) is 0 Å². The van der Waals surface area contributed by atoms with Gasteiger partial charge in [-0.2, -0.15) is 0 Å². The van der Waals surface area contributed by atoms with E-state index >= 15 is 0 Å². The quantitative estimate of drug-likeness (QED) is 0.199. The molecular formula is C36H30S3. The molecule has 39 heavy (non-hydrogen) atoms. The fourth-order valence-corrected chi connectivity index (χ4v) is 5.92. The van der Waals surface area contributed by atoms with E-state index in [4.69, 9.17) is 0 Å². The Kier molecular flexibility index (Phi) is 12.4. The van der Waals surface area contributed by atoms with E-state index in [1.54, 1.807) is 35.3 Å². The highest BCUT2D eigenvalue weighted by atomic mass is 32.2. The van der Waals surface area contributed by atoms with Crippen molar-refractivity contribution in [3.05, 3.63) is 182 Å². The van der Waals surface area contributed by atoms with Gasteiger partial charge in [0, 0.05) is 29.4 Å². The molecule has 0 saturated carbocycles. The molecule has 0 aliphatic rings. The molecule has 0 N–H and O–H groups in total. The molecule has 0 fully saturated rings. The summed E-state index contributed by atoms with van der Waals surface area (Å²) in [6.07, 6.45) is 0. The second-order valence-corrected chi connectivity index (χ2v) is 11.6. The van der Waals surface area contributed by atoms with Crippen LogP contribution in [0.15, 0.2) is 211 Å². The van der Waals surface area contributed by atoms with Crippen LogP contribution >= 0.6 is 35.3 Å². The molecule has 0 aliphatic carbocycles. The highest BCUT2D eigenvalue weighted by Crippen LogP contribution is 2.28. The van der Waals surface area contributed by atoms with E-state index in [-0.39, 0.29) is 0 Å². The molecule has 192 valence electrons. The molecule has 6 aromatic carbocycles. The van der Waals surface area contributed by atoms with Crippen LogP contribution in [0.4, 0.5) is 0 Å². The highest BCUT2D eigenvalue weighted by molar-refractivity contribution is 7.99. The summed E-state index contributed by atoms with van der Waals surface area (Å²) in [6.45, 7) is 0. The Morgan fingerprint density at radius 2 is 0.308 bits per heavy atom. The molecule has 0 unspecified atom stereocenters. The van der Waals surface area contributed by atoms with Gasteiger partial charge in [0.05, 0.1) is 0 Å². The molecule has 0 saturated heterocycles. The predicted molar refractivity (Wildman–Crippen MR) is 171 cm³/mol. The molecule has 6 aromatic rings. The maximum absolute atomic E-state index is 2.12. The SMILES string of the molecule is c1ccc(Sc2ccccc2)cc1.c1ccc(Sc2ccccc2)cc1.c1ccc(Sc2ccccc2)cc1. The molecule has 0 aromatic heterocycles. The minimum Gasteiger partial charge on any atom is -0.0901 e. The zero-order valence-electron chi connectivity index (χ0n) is 21.5. The molecule has 0 spiro atoms. The molecule has 0 heterocycles. The average molecular weight is 559 g/mol. The Balaban J connectivity index is 0.000000136. The van der Waals surface area contributed by atoms with Crippen LogP contribution in [0.3, 0.4) is 0 Å². The van der Waals surface area contributed by atoms with Crippen molar-refractivity contribution in [1.29, 1.82) is 0 Å². The Labute approximate surface area is 245 Å². The largest absolute Gasteiger partial charge is 0.0901 e. The third kappa shape index (κ3) is 11.3. The molecule has 0 aliphatic heterocycles. The monoisotopic (exact) mass is 558 g/mol. The van der Waals surface area contributed by atoms with E-state index in [0.29, 0.717) is 0 Å². The Morgan fingerprint density at radius 1 is 0.179 bits per heavy atom. The fourth-order valence-electron chi connectivity index (χ4n) is 3.34. The van der Waals surface area contributed by atoms with Crippen LogP contribution < -0.4 is 0 Å². The maximum atomic E-state index is 2.12. The van der Waals surface area contributed by atoms with Crippen molar-refractivity contribution >= 4 is 35.3 Å². The fraction of sp³-hybridized carbons (Fsp3) is 0. The summed E-state index contributed by atoms with van der Waals surface area (Å²) >= 11 is 5.36. The van der Waals surface area contributed by atoms with E-state index in [1.165, 1.54) is 29.4 Å². The summed E-state index contributed by atoms with van der Waals surface area (Å²) < 4.78 is 0. The first-order chi connectivity index (χ1) is 19.3. The van der Waals surface area contributed by atoms with Crippen LogP contribution in [-0.2, 0) is 0 Å². The van der Waals surface area contributed by atoms with E-state index in [1.807, 2.05) is 36.4 Å². The molecular weight excluding hydrogens is 529 g/mol. The third-order valence-corrected chi connectivity index (χ3v) is 8.21. The molecule has 6 rings (SSSR count). The number of hydrogen-bond acceptors (Lipinski definition) is 3. The zero-order chi connectivity index (χ0) is 26.8. The highest BCUT2D eigenvalue weighted by Gasteiger charge is 1.95. The first kappa shape index (κ1) is 28.4. The Bertz CT molecular complexity index is 1130. The first-order valence-corrected chi connectivity index (χ1v) is 15.1. The second kappa shape index (κ2) is 17.1. The van der Waals surface area contributed by atoms with Crippen molar-refractivity contribution in [1.82, 2.24) is 0 Å². The van der Waals surface area contributed by atoms with Crippen molar-refractivity contribution in [3.8, 4) is 0 Å². The van der Waals surface area contributed by atoms with E-state index in [0.717, 1.165) is 0 Å². The van der Waals surface area contributed by atoms with Gasteiger partial charge in [0.1, 0.15) is 0 Å². The summed E-state index contributed by atoms with van der Waals surface area (Å²) in [5.74, 6) is 0. The van der Waals surface area contributed by atoms with Gasteiger partial charge >= 0.3 is 0 Å². The first-order valence-electron chi connectivity index (χ1n) is 12.7. The van der Waals surface area contributed by atoms with Gasteiger partial charge in [-0.05, 0) is 72.8 Å². The van der Waals surface area contributed by atoms with Crippen LogP contribution in [0.2, 0.25) is 0 Å². The Hall–Kier alpha value is -3.63. The van der Waals surface area contributed by atoms with Gasteiger partial charge < -0.3 is 0 Å². The lowest BCUT2D eigenvalue weighted by molar-refractivity contribution is 1.41. The summed E-state index contributed by atoms with van der Waals surface area (Å²) in [7, 11) is 0. The molecule has 0 atom stereocenters. The van der Waals surface area contributed by atoms with Crippen molar-refractivity contribution < 1.29 is 0 Å². The lowest BCUT2D eigenvalue weighted by Crippen LogP contribution is -1.70. The van der Waals surface area contributed by atoms with Crippen LogP contribution in [0.5, 0.6) is 0 Å². The second-order valence-electron chi connectivity index (χ2n) is 8.18. The van der Waals surface area contributed by atoms with Gasteiger partial charge in [-0.3, -0.25) is 0 Å². The lowest BCUT2D eigenvalue weighted by Gasteiger charge is -1.99. The van der Waals surface area contributed by atoms with Crippen molar-refractivity contribution in [2.24, 2.45) is 0 Å². The van der Waals surface area contributed by atoms with Gasteiger partial charge in [-0.1, -0.05) is 144 Å². The van der Waals surface area contributed by atoms with Crippen LogP contribution in [0.1, 0.15) is 0 Å². The zero-order valence-corrected chi connectivity index (χ0v) is 24.0. The van der Waals surface area contributed by atoms with Crippen LogP contribution in [-0.4, -0.2) is 0 Å². The summed E-state index contributed by atoms with van der Waals surface area (Å²) in [4.78, 5) is 7.72. The minimum atomic E-state index is 1.29. The maximum Gasteiger partial charge on any atom is 0.0122 e. The molecule has 0 amide bonds. The Morgan fingerprint density at radius 3 is 0.436 bits per heavy atom. The molecule has 0 bridgehead atoms. The molecule has 0 radical (unpaired) electrons. The average Bonchev–Trinajstić information content (AvgIpc) is 3.01. The van der Waals surface area contributed by atoms with Crippen molar-refractivity contribution in [2.75, 3.05) is 0 Å². The van der Waals surface area contributed by atoms with Crippen LogP contribution in [0, 0.1) is 0 Å². The number of rotatable bonds is 6. The summed E-state index contributed by atoms with van der Waals surface area (Å²) in [5.41, 5.74) is 0. The van der Waals surface area contributed by atoms with Gasteiger partial charge in [-0.15, -0.1) is 0 Å². The number of hydrogen-bond donors (Lipinski definition) is 0. The van der Waals surface area contributed by atoms with E-state index in [2.05, 4.69) is 146 Å². The standard InChI is InChI=1S/3C12H10S/c3*1-3-7-11(8-4-1)13-12-9-5-2-6-10-12/h3*1-10H. The number of benzene rings is 6. The third-order valence-electron chi connectivity index (χ3n) is 5.17. The summed E-state index contributed by atoms with van der Waals surface area (Å²) in [5, 5.41) is 0. The minimum absolute atomic E-state index is 1.29. The van der Waals surface area contributed by atoms with Crippen LogP contribution in [0.25, 0.3) is 0 Å². The van der Waals surface area contributed by atoms with Gasteiger partial charge in [0.2, 0.25) is 0 Å².